The number of hydrogen-bond acceptors (Lipinski definition) is 4. The predicted octanol–water partition coefficient (Wildman–Crippen LogP) is 1.34. The molecule has 6 nitrogen and oxygen atoms in total. The van der Waals surface area contributed by atoms with E-state index < -0.39 is 5.54 Å². The Morgan fingerprint density at radius 1 is 1.19 bits per heavy atom. The van der Waals surface area contributed by atoms with Crippen LogP contribution < -0.4 is 16.4 Å². The molecule has 6 heteroatoms. The largest absolute Gasteiger partial charge is 0.379 e. The van der Waals surface area contributed by atoms with Gasteiger partial charge in [-0.05, 0) is 30.7 Å². The number of carbonyl (C=O) groups excluding carboxylic acids is 2. The highest BCUT2D eigenvalue weighted by atomic mass is 16.5. The molecular weight excluding hydrogens is 270 g/mol. The van der Waals surface area contributed by atoms with E-state index in [2.05, 4.69) is 10.6 Å². The average Bonchev–Trinajstić information content (AvgIpc) is 2.89. The molecule has 1 unspecified atom stereocenters. The van der Waals surface area contributed by atoms with Crippen molar-refractivity contribution in [1.29, 1.82) is 0 Å². The molecule has 0 bridgehead atoms. The molecule has 0 aliphatic carbocycles. The van der Waals surface area contributed by atoms with Gasteiger partial charge in [-0.2, -0.15) is 0 Å². The summed E-state index contributed by atoms with van der Waals surface area (Å²) in [5.41, 5.74) is 6.36. The minimum absolute atomic E-state index is 0.0456. The highest BCUT2D eigenvalue weighted by Crippen LogP contribution is 2.19. The van der Waals surface area contributed by atoms with Gasteiger partial charge >= 0.3 is 0 Å². The van der Waals surface area contributed by atoms with Crippen molar-refractivity contribution in [2.24, 2.45) is 11.7 Å². The fourth-order valence-corrected chi connectivity index (χ4v) is 1.94. The van der Waals surface area contributed by atoms with Crippen LogP contribution in [0.5, 0.6) is 0 Å². The van der Waals surface area contributed by atoms with Crippen LogP contribution in [0.1, 0.15) is 20.3 Å². The van der Waals surface area contributed by atoms with E-state index in [-0.39, 0.29) is 24.3 Å². The quantitative estimate of drug-likeness (QED) is 0.780. The maximum atomic E-state index is 12.1. The minimum atomic E-state index is -0.954. The molecule has 0 aromatic heterocycles. The van der Waals surface area contributed by atoms with Crippen LogP contribution in [0.25, 0.3) is 0 Å². The highest BCUT2D eigenvalue weighted by Gasteiger charge is 2.38. The Labute approximate surface area is 124 Å². The summed E-state index contributed by atoms with van der Waals surface area (Å²) in [6.45, 7) is 4.40. The number of amides is 2. The number of hydrogen-bond donors (Lipinski definition) is 3. The second-order valence-electron chi connectivity index (χ2n) is 5.63. The lowest BCUT2D eigenvalue weighted by Crippen LogP contribution is -2.51. The monoisotopic (exact) mass is 291 g/mol. The van der Waals surface area contributed by atoms with E-state index in [9.17, 15) is 9.59 Å². The molecule has 1 aliphatic rings. The van der Waals surface area contributed by atoms with Crippen LogP contribution in [0.15, 0.2) is 24.3 Å². The first kappa shape index (κ1) is 15.5. The lowest BCUT2D eigenvalue weighted by molar-refractivity contribution is -0.121. The van der Waals surface area contributed by atoms with E-state index in [1.54, 1.807) is 24.3 Å². The van der Waals surface area contributed by atoms with Crippen LogP contribution in [0.3, 0.4) is 0 Å². The van der Waals surface area contributed by atoms with E-state index >= 15 is 0 Å². The number of benzene rings is 1. The molecule has 1 fully saturated rings. The Balaban J connectivity index is 1.96. The van der Waals surface area contributed by atoms with Gasteiger partial charge in [0.05, 0.1) is 6.61 Å². The van der Waals surface area contributed by atoms with Crippen LogP contribution in [-0.4, -0.2) is 30.6 Å². The van der Waals surface area contributed by atoms with Crippen LogP contribution in [-0.2, 0) is 14.3 Å². The Kier molecular flexibility index (Phi) is 4.59. The fourth-order valence-electron chi connectivity index (χ4n) is 1.94. The van der Waals surface area contributed by atoms with Gasteiger partial charge in [-0.1, -0.05) is 13.8 Å². The van der Waals surface area contributed by atoms with Gasteiger partial charge in [0.25, 0.3) is 0 Å². The maximum absolute atomic E-state index is 12.1. The Hall–Kier alpha value is -1.92. The molecule has 1 saturated heterocycles. The van der Waals surface area contributed by atoms with Crippen LogP contribution >= 0.6 is 0 Å². The van der Waals surface area contributed by atoms with E-state index in [4.69, 9.17) is 10.5 Å². The first-order valence-electron chi connectivity index (χ1n) is 7.00. The van der Waals surface area contributed by atoms with E-state index in [1.165, 1.54) is 0 Å². The zero-order valence-electron chi connectivity index (χ0n) is 12.3. The van der Waals surface area contributed by atoms with E-state index in [1.807, 2.05) is 13.8 Å². The zero-order valence-corrected chi connectivity index (χ0v) is 12.3. The predicted molar refractivity (Wildman–Crippen MR) is 80.9 cm³/mol. The fraction of sp³-hybridized carbons (Fsp3) is 0.467. The molecule has 21 heavy (non-hydrogen) atoms. The summed E-state index contributed by atoms with van der Waals surface area (Å²) in [6, 6.07) is 6.94. The number of carbonyl (C=O) groups is 2. The maximum Gasteiger partial charge on any atom is 0.246 e. The topological polar surface area (TPSA) is 93.5 Å². The Morgan fingerprint density at radius 2 is 1.76 bits per heavy atom. The lowest BCUT2D eigenvalue weighted by Gasteiger charge is -2.20. The zero-order chi connectivity index (χ0) is 15.5. The lowest BCUT2D eigenvalue weighted by atomic mass is 9.99. The normalized spacial score (nSPS) is 21.3. The van der Waals surface area contributed by atoms with Crippen LogP contribution in [0, 0.1) is 5.92 Å². The number of ether oxygens (including phenoxy) is 1. The summed E-state index contributed by atoms with van der Waals surface area (Å²) in [4.78, 5) is 23.7. The number of rotatable bonds is 4. The third-order valence-electron chi connectivity index (χ3n) is 3.44. The van der Waals surface area contributed by atoms with Gasteiger partial charge in [-0.3, -0.25) is 9.59 Å². The van der Waals surface area contributed by atoms with Gasteiger partial charge in [0, 0.05) is 23.9 Å². The molecule has 1 heterocycles. The first-order chi connectivity index (χ1) is 9.90. The SMILES string of the molecule is CC(C)C(=O)Nc1ccc(NC(=O)C2(N)CCOC2)cc1. The van der Waals surface area contributed by atoms with Crippen molar-refractivity contribution < 1.29 is 14.3 Å². The molecular formula is C15H21N3O3. The summed E-state index contributed by atoms with van der Waals surface area (Å²) in [7, 11) is 0. The van der Waals surface area contributed by atoms with Gasteiger partial charge in [0.15, 0.2) is 0 Å². The van der Waals surface area contributed by atoms with Crippen molar-refractivity contribution in [3.05, 3.63) is 24.3 Å². The summed E-state index contributed by atoms with van der Waals surface area (Å²) >= 11 is 0. The molecule has 2 amide bonds. The van der Waals surface area contributed by atoms with Crippen LogP contribution in [0.4, 0.5) is 11.4 Å². The highest BCUT2D eigenvalue weighted by molar-refractivity contribution is 5.98. The third kappa shape index (κ3) is 3.80. The first-order valence-corrected chi connectivity index (χ1v) is 7.00. The molecule has 114 valence electrons. The minimum Gasteiger partial charge on any atom is -0.379 e. The van der Waals surface area contributed by atoms with Crippen molar-refractivity contribution in [3.63, 3.8) is 0 Å². The van der Waals surface area contributed by atoms with Crippen LogP contribution in [0.2, 0.25) is 0 Å². The molecule has 1 aromatic carbocycles. The van der Waals surface area contributed by atoms with Gasteiger partial charge in [0.2, 0.25) is 11.8 Å². The Bertz CT molecular complexity index is 519. The van der Waals surface area contributed by atoms with Crippen molar-refractivity contribution in [1.82, 2.24) is 0 Å². The Morgan fingerprint density at radius 3 is 2.24 bits per heavy atom. The van der Waals surface area contributed by atoms with Gasteiger partial charge in [-0.15, -0.1) is 0 Å². The van der Waals surface area contributed by atoms with Crippen molar-refractivity contribution >= 4 is 23.2 Å². The van der Waals surface area contributed by atoms with E-state index in [0.29, 0.717) is 24.4 Å². The van der Waals surface area contributed by atoms with Crippen molar-refractivity contribution in [3.8, 4) is 0 Å². The summed E-state index contributed by atoms with van der Waals surface area (Å²) < 4.78 is 5.17. The third-order valence-corrected chi connectivity index (χ3v) is 3.44. The number of nitrogens with two attached hydrogens (primary N) is 1. The molecule has 2 rings (SSSR count). The van der Waals surface area contributed by atoms with Crippen molar-refractivity contribution in [2.45, 2.75) is 25.8 Å². The molecule has 0 spiro atoms. The summed E-state index contributed by atoms with van der Waals surface area (Å²) in [5, 5.41) is 5.56. The number of anilines is 2. The van der Waals surface area contributed by atoms with Gasteiger partial charge < -0.3 is 21.1 Å². The van der Waals surface area contributed by atoms with Gasteiger partial charge in [0.1, 0.15) is 5.54 Å². The second kappa shape index (κ2) is 6.24. The average molecular weight is 291 g/mol. The molecule has 4 N–H and O–H groups in total. The molecule has 0 radical (unpaired) electrons. The molecule has 1 atom stereocenters. The molecule has 1 aromatic rings. The van der Waals surface area contributed by atoms with Crippen molar-refractivity contribution in [2.75, 3.05) is 23.8 Å². The molecule has 1 aliphatic heterocycles. The summed E-state index contributed by atoms with van der Waals surface area (Å²) in [5.74, 6) is -0.376. The second-order valence-corrected chi connectivity index (χ2v) is 5.63. The van der Waals surface area contributed by atoms with E-state index in [0.717, 1.165) is 0 Å². The number of nitrogens with one attached hydrogen (secondary N) is 2. The standard InChI is InChI=1S/C15H21N3O3/c1-10(2)13(19)17-11-3-5-12(6-4-11)18-14(20)15(16)7-8-21-9-15/h3-6,10H,7-9,16H2,1-2H3,(H,17,19)(H,18,20). The van der Waals surface area contributed by atoms with Gasteiger partial charge in [-0.25, -0.2) is 0 Å². The summed E-state index contributed by atoms with van der Waals surface area (Å²) in [6.07, 6.45) is 0.515. The smallest absolute Gasteiger partial charge is 0.246 e. The molecule has 0 saturated carbocycles.